The number of nitrogen functional groups attached to an aromatic ring is 1. The van der Waals surface area contributed by atoms with Crippen molar-refractivity contribution in [2.24, 2.45) is 0 Å². The van der Waals surface area contributed by atoms with E-state index in [-0.39, 0.29) is 6.54 Å². The van der Waals surface area contributed by atoms with Gasteiger partial charge in [-0.1, -0.05) is 0 Å². The Balaban J connectivity index is 2.03. The van der Waals surface area contributed by atoms with Gasteiger partial charge < -0.3 is 11.1 Å². The van der Waals surface area contributed by atoms with Gasteiger partial charge in [-0.2, -0.15) is 18.3 Å². The zero-order valence-corrected chi connectivity index (χ0v) is 12.1. The summed E-state index contributed by atoms with van der Waals surface area (Å²) in [5.74, 6) is -0.503. The Morgan fingerprint density at radius 3 is 2.67 bits per heavy atom. The maximum atomic E-state index is 12.4. The minimum atomic E-state index is -4.53. The molecule has 1 heterocycles. The second kappa shape index (κ2) is 5.76. The Morgan fingerprint density at radius 1 is 1.38 bits per heavy atom. The summed E-state index contributed by atoms with van der Waals surface area (Å²) in [6.07, 6.45) is -3.43. The first kappa shape index (κ1) is 15.4. The second-order valence-electron chi connectivity index (χ2n) is 4.18. The van der Waals surface area contributed by atoms with Crippen molar-refractivity contribution in [3.8, 4) is 0 Å². The van der Waals surface area contributed by atoms with Gasteiger partial charge in [-0.3, -0.25) is 9.48 Å². The van der Waals surface area contributed by atoms with E-state index in [9.17, 15) is 18.0 Å². The van der Waals surface area contributed by atoms with Crippen molar-refractivity contribution in [1.29, 1.82) is 0 Å². The van der Waals surface area contributed by atoms with Crippen molar-refractivity contribution in [2.45, 2.75) is 12.7 Å². The lowest BCUT2D eigenvalue weighted by molar-refractivity contribution is -0.141. The number of hydrogen-bond donors (Lipinski definition) is 2. The predicted molar refractivity (Wildman–Crippen MR) is 74.4 cm³/mol. The zero-order valence-electron chi connectivity index (χ0n) is 10.5. The van der Waals surface area contributed by atoms with Crippen LogP contribution in [-0.2, 0) is 17.5 Å². The molecule has 0 atom stereocenters. The number of benzene rings is 1. The summed E-state index contributed by atoms with van der Waals surface area (Å²) in [5, 5.41) is 5.85. The van der Waals surface area contributed by atoms with E-state index in [1.165, 1.54) is 0 Å². The number of amides is 1. The van der Waals surface area contributed by atoms with Crippen LogP contribution in [0.25, 0.3) is 0 Å². The summed E-state index contributed by atoms with van der Waals surface area (Å²) in [7, 11) is 0. The van der Waals surface area contributed by atoms with Gasteiger partial charge in [0.05, 0.1) is 5.69 Å². The van der Waals surface area contributed by atoms with Gasteiger partial charge in [-0.05, 0) is 40.2 Å². The summed E-state index contributed by atoms with van der Waals surface area (Å²) in [6.45, 7) is -0.326. The van der Waals surface area contributed by atoms with Gasteiger partial charge in [0.15, 0.2) is 5.69 Å². The highest BCUT2D eigenvalue weighted by molar-refractivity contribution is 9.10. The zero-order chi connectivity index (χ0) is 15.6. The van der Waals surface area contributed by atoms with Gasteiger partial charge in [0, 0.05) is 16.4 Å². The number of nitrogens with two attached hydrogens (primary N) is 1. The van der Waals surface area contributed by atoms with Crippen LogP contribution in [0.15, 0.2) is 34.9 Å². The van der Waals surface area contributed by atoms with Crippen LogP contribution in [0.4, 0.5) is 24.5 Å². The van der Waals surface area contributed by atoms with Crippen LogP contribution in [0.2, 0.25) is 0 Å². The minimum absolute atomic E-state index is 0.326. The van der Waals surface area contributed by atoms with Crippen molar-refractivity contribution in [2.75, 3.05) is 11.1 Å². The molecule has 0 unspecified atom stereocenters. The summed E-state index contributed by atoms with van der Waals surface area (Å²) >= 11 is 3.23. The molecule has 0 fully saturated rings. The van der Waals surface area contributed by atoms with Crippen LogP contribution in [0.3, 0.4) is 0 Å². The molecule has 0 saturated carbocycles. The van der Waals surface area contributed by atoms with Gasteiger partial charge in [0.1, 0.15) is 6.54 Å². The Hall–Kier alpha value is -2.03. The largest absolute Gasteiger partial charge is 0.435 e. The van der Waals surface area contributed by atoms with Crippen LogP contribution in [0.5, 0.6) is 0 Å². The van der Waals surface area contributed by atoms with Gasteiger partial charge in [-0.15, -0.1) is 0 Å². The molecule has 0 aliphatic heterocycles. The Bertz CT molecular complexity index is 669. The molecule has 2 rings (SSSR count). The monoisotopic (exact) mass is 362 g/mol. The maximum Gasteiger partial charge on any atom is 0.435 e. The van der Waals surface area contributed by atoms with E-state index in [0.717, 1.165) is 16.9 Å². The van der Waals surface area contributed by atoms with Crippen molar-refractivity contribution < 1.29 is 18.0 Å². The standard InChI is InChI=1S/C12H10BrF3N4O/c13-8-5-7(17)1-2-9(8)18-11(21)6-20-4-3-10(19-20)12(14,15)16/h1-5H,6,17H2,(H,18,21). The number of carbonyl (C=O) groups excluding carboxylic acids is 1. The van der Waals surface area contributed by atoms with Crippen LogP contribution in [-0.4, -0.2) is 15.7 Å². The summed E-state index contributed by atoms with van der Waals surface area (Å²) in [5.41, 5.74) is 5.51. The molecule has 112 valence electrons. The van der Waals surface area contributed by atoms with Crippen molar-refractivity contribution >= 4 is 33.2 Å². The number of aromatic nitrogens is 2. The molecule has 2 aromatic rings. The van der Waals surface area contributed by atoms with E-state index in [0.29, 0.717) is 15.8 Å². The lowest BCUT2D eigenvalue weighted by Gasteiger charge is -2.08. The molecule has 0 aliphatic carbocycles. The lowest BCUT2D eigenvalue weighted by Crippen LogP contribution is -2.20. The molecule has 0 bridgehead atoms. The molecule has 9 heteroatoms. The predicted octanol–water partition coefficient (Wildman–Crippen LogP) is 2.89. The number of halogens is 4. The van der Waals surface area contributed by atoms with Gasteiger partial charge in [0.25, 0.3) is 0 Å². The quantitative estimate of drug-likeness (QED) is 0.824. The van der Waals surface area contributed by atoms with Crippen LogP contribution in [0.1, 0.15) is 5.69 Å². The third-order valence-corrected chi connectivity index (χ3v) is 3.16. The number of anilines is 2. The molecule has 3 N–H and O–H groups in total. The van der Waals surface area contributed by atoms with E-state index in [2.05, 4.69) is 26.3 Å². The highest BCUT2D eigenvalue weighted by Gasteiger charge is 2.33. The van der Waals surface area contributed by atoms with Crippen molar-refractivity contribution in [3.63, 3.8) is 0 Å². The first-order valence-electron chi connectivity index (χ1n) is 5.71. The molecule has 0 aliphatic rings. The van der Waals surface area contributed by atoms with E-state index >= 15 is 0 Å². The fourth-order valence-electron chi connectivity index (χ4n) is 1.57. The van der Waals surface area contributed by atoms with Crippen LogP contribution >= 0.6 is 15.9 Å². The Labute approximate surface area is 126 Å². The maximum absolute atomic E-state index is 12.4. The van der Waals surface area contributed by atoms with Gasteiger partial charge in [-0.25, -0.2) is 0 Å². The third-order valence-electron chi connectivity index (χ3n) is 2.50. The smallest absolute Gasteiger partial charge is 0.399 e. The Morgan fingerprint density at radius 2 is 2.10 bits per heavy atom. The molecule has 0 spiro atoms. The molecule has 1 aromatic carbocycles. The first-order chi connectivity index (χ1) is 9.75. The van der Waals surface area contributed by atoms with Gasteiger partial charge in [0.2, 0.25) is 5.91 Å². The average Bonchev–Trinajstić information content (AvgIpc) is 2.81. The second-order valence-corrected chi connectivity index (χ2v) is 5.04. The average molecular weight is 363 g/mol. The topological polar surface area (TPSA) is 72.9 Å². The molecule has 1 aromatic heterocycles. The van der Waals surface area contributed by atoms with E-state index in [1.54, 1.807) is 18.2 Å². The minimum Gasteiger partial charge on any atom is -0.399 e. The normalized spacial score (nSPS) is 11.4. The molecule has 0 radical (unpaired) electrons. The van der Waals surface area contributed by atoms with E-state index < -0.39 is 17.8 Å². The summed E-state index contributed by atoms with van der Waals surface area (Å²) < 4.78 is 38.6. The third kappa shape index (κ3) is 3.97. The fourth-order valence-corrected chi connectivity index (χ4v) is 2.07. The molecule has 21 heavy (non-hydrogen) atoms. The number of alkyl halides is 3. The van der Waals surface area contributed by atoms with E-state index in [1.807, 2.05) is 0 Å². The molecular formula is C12H10BrF3N4O. The van der Waals surface area contributed by atoms with Gasteiger partial charge >= 0.3 is 6.18 Å². The number of nitrogens with one attached hydrogen (secondary N) is 1. The molecule has 5 nitrogen and oxygen atoms in total. The lowest BCUT2D eigenvalue weighted by atomic mass is 10.3. The summed E-state index contributed by atoms with van der Waals surface area (Å²) in [4.78, 5) is 11.8. The Kier molecular flexibility index (Phi) is 4.21. The van der Waals surface area contributed by atoms with Crippen LogP contribution in [0, 0.1) is 0 Å². The highest BCUT2D eigenvalue weighted by atomic mass is 79.9. The SMILES string of the molecule is Nc1ccc(NC(=O)Cn2ccc(C(F)(F)F)n2)c(Br)c1. The molecule has 0 saturated heterocycles. The summed E-state index contributed by atoms with van der Waals surface area (Å²) in [6, 6.07) is 5.59. The molecule has 1 amide bonds. The number of carbonyl (C=O) groups is 1. The number of hydrogen-bond acceptors (Lipinski definition) is 3. The molecular weight excluding hydrogens is 353 g/mol. The number of nitrogens with zero attached hydrogens (tertiary/aromatic N) is 2. The van der Waals surface area contributed by atoms with Crippen molar-refractivity contribution in [3.05, 3.63) is 40.6 Å². The van der Waals surface area contributed by atoms with Crippen molar-refractivity contribution in [1.82, 2.24) is 9.78 Å². The van der Waals surface area contributed by atoms with E-state index in [4.69, 9.17) is 5.73 Å². The number of rotatable bonds is 3. The first-order valence-corrected chi connectivity index (χ1v) is 6.50. The van der Waals surface area contributed by atoms with Crippen LogP contribution < -0.4 is 11.1 Å². The fraction of sp³-hybridized carbons (Fsp3) is 0.167. The highest BCUT2D eigenvalue weighted by Crippen LogP contribution is 2.27.